The highest BCUT2D eigenvalue weighted by molar-refractivity contribution is 5.94. The Labute approximate surface area is 124 Å². The molecule has 0 aromatic heterocycles. The lowest BCUT2D eigenvalue weighted by Crippen LogP contribution is -2.26. The number of hydrogen-bond donors (Lipinski definition) is 2. The lowest BCUT2D eigenvalue weighted by atomic mass is 10.1. The zero-order valence-electron chi connectivity index (χ0n) is 11.4. The third kappa shape index (κ3) is 4.21. The highest BCUT2D eigenvalue weighted by atomic mass is 35.5. The molecule has 1 aromatic rings. The number of fused-ring (bicyclic) bond motifs is 1. The summed E-state index contributed by atoms with van der Waals surface area (Å²) in [7, 11) is 0. The van der Waals surface area contributed by atoms with Gasteiger partial charge < -0.3 is 15.4 Å². The molecule has 0 bridgehead atoms. The van der Waals surface area contributed by atoms with Crippen molar-refractivity contribution in [3.8, 4) is 0 Å². The Balaban J connectivity index is 0.00000200. The third-order valence-corrected chi connectivity index (χ3v) is 3.02. The van der Waals surface area contributed by atoms with E-state index < -0.39 is 0 Å². The van der Waals surface area contributed by atoms with E-state index in [2.05, 4.69) is 10.6 Å². The molecule has 0 aliphatic carbocycles. The minimum absolute atomic E-state index is 0. The number of amides is 1. The summed E-state index contributed by atoms with van der Waals surface area (Å²) >= 11 is 0. The summed E-state index contributed by atoms with van der Waals surface area (Å²) in [5.74, 6) is -0.444. The second-order valence-corrected chi connectivity index (χ2v) is 4.40. The molecule has 2 rings (SSSR count). The van der Waals surface area contributed by atoms with Crippen LogP contribution in [0.1, 0.15) is 34.8 Å². The fraction of sp³-hybridized carbons (Fsp3) is 0.429. The molecule has 2 N–H and O–H groups in total. The number of benzene rings is 1. The van der Waals surface area contributed by atoms with Crippen LogP contribution in [0, 0.1) is 0 Å². The molecule has 1 aliphatic rings. The molecule has 1 aliphatic heterocycles. The van der Waals surface area contributed by atoms with Crippen molar-refractivity contribution in [3.05, 3.63) is 34.9 Å². The molecule has 0 saturated carbocycles. The van der Waals surface area contributed by atoms with E-state index in [1.54, 1.807) is 6.92 Å². The van der Waals surface area contributed by atoms with Crippen molar-refractivity contribution in [1.29, 1.82) is 0 Å². The molecule has 0 unspecified atom stereocenters. The van der Waals surface area contributed by atoms with Crippen LogP contribution in [0.2, 0.25) is 0 Å². The number of hydrogen-bond acceptors (Lipinski definition) is 4. The van der Waals surface area contributed by atoms with Crippen LogP contribution in [-0.2, 0) is 22.6 Å². The molecular formula is C14H19ClN2O3. The van der Waals surface area contributed by atoms with Crippen LogP contribution in [0.25, 0.3) is 0 Å². The minimum atomic E-state index is -0.291. The number of carbonyl (C=O) groups is 2. The van der Waals surface area contributed by atoms with Crippen LogP contribution in [0.15, 0.2) is 18.2 Å². The third-order valence-electron chi connectivity index (χ3n) is 3.02. The lowest BCUT2D eigenvalue weighted by molar-refractivity contribution is -0.142. The van der Waals surface area contributed by atoms with Gasteiger partial charge in [0.2, 0.25) is 0 Å². The maximum absolute atomic E-state index is 11.9. The number of rotatable bonds is 5. The van der Waals surface area contributed by atoms with Crippen LogP contribution in [0.4, 0.5) is 0 Å². The zero-order chi connectivity index (χ0) is 13.7. The number of halogens is 1. The smallest absolute Gasteiger partial charge is 0.307 e. The maximum Gasteiger partial charge on any atom is 0.307 e. The molecule has 0 radical (unpaired) electrons. The van der Waals surface area contributed by atoms with Crippen LogP contribution in [0.5, 0.6) is 0 Å². The molecule has 0 atom stereocenters. The van der Waals surface area contributed by atoms with E-state index in [0.717, 1.165) is 18.7 Å². The van der Waals surface area contributed by atoms with E-state index in [0.29, 0.717) is 18.7 Å². The van der Waals surface area contributed by atoms with E-state index >= 15 is 0 Å². The van der Waals surface area contributed by atoms with Gasteiger partial charge in [0.15, 0.2) is 0 Å². The van der Waals surface area contributed by atoms with Crippen molar-refractivity contribution in [2.75, 3.05) is 13.2 Å². The van der Waals surface area contributed by atoms with Crippen molar-refractivity contribution < 1.29 is 14.3 Å². The van der Waals surface area contributed by atoms with Crippen molar-refractivity contribution in [3.63, 3.8) is 0 Å². The lowest BCUT2D eigenvalue weighted by Gasteiger charge is -2.06. The van der Waals surface area contributed by atoms with Crippen LogP contribution in [-0.4, -0.2) is 25.0 Å². The van der Waals surface area contributed by atoms with Gasteiger partial charge in [-0.25, -0.2) is 0 Å². The molecule has 1 heterocycles. The molecule has 0 saturated heterocycles. The second-order valence-electron chi connectivity index (χ2n) is 4.40. The average Bonchev–Trinajstić information content (AvgIpc) is 2.86. The van der Waals surface area contributed by atoms with Crippen molar-refractivity contribution in [2.45, 2.75) is 26.4 Å². The van der Waals surface area contributed by atoms with Gasteiger partial charge in [0.05, 0.1) is 13.0 Å². The molecule has 5 nitrogen and oxygen atoms in total. The van der Waals surface area contributed by atoms with Gasteiger partial charge in [-0.1, -0.05) is 6.07 Å². The SMILES string of the molecule is CCOC(=O)CCNC(=O)c1ccc2c(c1)CNC2.Cl. The summed E-state index contributed by atoms with van der Waals surface area (Å²) in [5, 5.41) is 5.95. The Morgan fingerprint density at radius 1 is 1.30 bits per heavy atom. The van der Waals surface area contributed by atoms with E-state index in [9.17, 15) is 9.59 Å². The highest BCUT2D eigenvalue weighted by Crippen LogP contribution is 2.16. The van der Waals surface area contributed by atoms with Crippen molar-refractivity contribution in [1.82, 2.24) is 10.6 Å². The number of carbonyl (C=O) groups excluding carboxylic acids is 2. The van der Waals surface area contributed by atoms with Gasteiger partial charge in [0, 0.05) is 25.2 Å². The van der Waals surface area contributed by atoms with E-state index in [4.69, 9.17) is 4.74 Å². The van der Waals surface area contributed by atoms with Gasteiger partial charge in [-0.05, 0) is 30.2 Å². The normalized spacial score (nSPS) is 12.2. The van der Waals surface area contributed by atoms with Gasteiger partial charge in [0.25, 0.3) is 5.91 Å². The number of esters is 1. The van der Waals surface area contributed by atoms with Crippen molar-refractivity contribution >= 4 is 24.3 Å². The first-order valence-electron chi connectivity index (χ1n) is 6.47. The molecule has 110 valence electrons. The Morgan fingerprint density at radius 2 is 2.05 bits per heavy atom. The molecule has 1 aromatic carbocycles. The Morgan fingerprint density at radius 3 is 2.80 bits per heavy atom. The number of nitrogens with one attached hydrogen (secondary N) is 2. The fourth-order valence-corrected chi connectivity index (χ4v) is 2.05. The monoisotopic (exact) mass is 298 g/mol. The van der Waals surface area contributed by atoms with Crippen molar-refractivity contribution in [2.24, 2.45) is 0 Å². The van der Waals surface area contributed by atoms with Gasteiger partial charge in [-0.2, -0.15) is 0 Å². The Kier molecular flexibility index (Phi) is 6.48. The zero-order valence-corrected chi connectivity index (χ0v) is 12.2. The predicted molar refractivity (Wildman–Crippen MR) is 77.8 cm³/mol. The Bertz CT molecular complexity index is 491. The molecule has 0 fully saturated rings. The first-order valence-corrected chi connectivity index (χ1v) is 6.47. The summed E-state index contributed by atoms with van der Waals surface area (Å²) in [6.07, 6.45) is 0.200. The topological polar surface area (TPSA) is 67.4 Å². The first kappa shape index (κ1) is 16.5. The highest BCUT2D eigenvalue weighted by Gasteiger charge is 2.13. The largest absolute Gasteiger partial charge is 0.466 e. The quantitative estimate of drug-likeness (QED) is 0.806. The standard InChI is InChI=1S/C14H18N2O3.ClH/c1-2-19-13(17)5-6-16-14(18)10-3-4-11-8-15-9-12(11)7-10;/h3-4,7,15H,2,5-6,8-9H2,1H3,(H,16,18);1H. The molecular weight excluding hydrogens is 280 g/mol. The average molecular weight is 299 g/mol. The number of ether oxygens (including phenoxy) is 1. The summed E-state index contributed by atoms with van der Waals surface area (Å²) in [5.41, 5.74) is 3.03. The van der Waals surface area contributed by atoms with Crippen LogP contribution in [0.3, 0.4) is 0 Å². The summed E-state index contributed by atoms with van der Waals surface area (Å²) < 4.78 is 4.79. The summed E-state index contributed by atoms with van der Waals surface area (Å²) in [6.45, 7) is 4.09. The molecule has 20 heavy (non-hydrogen) atoms. The van der Waals surface area contributed by atoms with Crippen LogP contribution >= 0.6 is 12.4 Å². The Hall–Kier alpha value is -1.59. The second kappa shape index (κ2) is 7.87. The van der Waals surface area contributed by atoms with Gasteiger partial charge in [0.1, 0.15) is 0 Å². The first-order chi connectivity index (χ1) is 9.20. The molecule has 6 heteroatoms. The summed E-state index contributed by atoms with van der Waals surface area (Å²) in [4.78, 5) is 23.0. The molecule has 1 amide bonds. The minimum Gasteiger partial charge on any atom is -0.466 e. The van der Waals surface area contributed by atoms with E-state index in [-0.39, 0.29) is 30.7 Å². The van der Waals surface area contributed by atoms with E-state index in [1.165, 1.54) is 5.56 Å². The van der Waals surface area contributed by atoms with E-state index in [1.807, 2.05) is 18.2 Å². The van der Waals surface area contributed by atoms with Crippen LogP contribution < -0.4 is 10.6 Å². The molecule has 0 spiro atoms. The fourth-order valence-electron chi connectivity index (χ4n) is 2.05. The van der Waals surface area contributed by atoms with Gasteiger partial charge in [-0.3, -0.25) is 9.59 Å². The predicted octanol–water partition coefficient (Wildman–Crippen LogP) is 1.39. The maximum atomic E-state index is 11.9. The summed E-state index contributed by atoms with van der Waals surface area (Å²) in [6, 6.07) is 5.68. The van der Waals surface area contributed by atoms with Gasteiger partial charge >= 0.3 is 5.97 Å². The van der Waals surface area contributed by atoms with Gasteiger partial charge in [-0.15, -0.1) is 12.4 Å².